The summed E-state index contributed by atoms with van der Waals surface area (Å²) in [6.07, 6.45) is 0. The summed E-state index contributed by atoms with van der Waals surface area (Å²) < 4.78 is 5.12. The number of ether oxygens (including phenoxy) is 1. The van der Waals surface area contributed by atoms with Crippen molar-refractivity contribution in [1.29, 1.82) is 0 Å². The predicted octanol–water partition coefficient (Wildman–Crippen LogP) is 4.45. The van der Waals surface area contributed by atoms with Gasteiger partial charge in [0.2, 0.25) is 0 Å². The van der Waals surface area contributed by atoms with Gasteiger partial charge in [0, 0.05) is 17.2 Å². The van der Waals surface area contributed by atoms with E-state index >= 15 is 0 Å². The van der Waals surface area contributed by atoms with E-state index in [1.54, 1.807) is 12.1 Å². The molecule has 182 valence electrons. The molecule has 0 spiro atoms. The Morgan fingerprint density at radius 2 is 1.69 bits per heavy atom. The first kappa shape index (κ1) is 24.8. The SMILES string of the molecule is COc1cccc(C(=O)CN(C(=O)c2ccc(Cl)c(Cl)c2)N2C(=O)c3cccc([N+](=O)[O-])c3C2=O)c1. The van der Waals surface area contributed by atoms with Crippen molar-refractivity contribution < 1.29 is 28.8 Å². The zero-order valence-electron chi connectivity index (χ0n) is 18.4. The summed E-state index contributed by atoms with van der Waals surface area (Å²) >= 11 is 12.0. The van der Waals surface area contributed by atoms with Gasteiger partial charge in [0.15, 0.2) is 5.78 Å². The predicted molar refractivity (Wildman–Crippen MR) is 128 cm³/mol. The van der Waals surface area contributed by atoms with E-state index in [4.69, 9.17) is 27.9 Å². The number of amides is 3. The lowest BCUT2D eigenvalue weighted by atomic mass is 10.1. The molecule has 0 fully saturated rings. The normalized spacial score (nSPS) is 12.4. The second-order valence-electron chi connectivity index (χ2n) is 7.53. The number of carbonyl (C=O) groups excluding carboxylic acids is 4. The van der Waals surface area contributed by atoms with E-state index < -0.39 is 46.2 Å². The summed E-state index contributed by atoms with van der Waals surface area (Å²) in [5.41, 5.74) is -1.28. The van der Waals surface area contributed by atoms with E-state index in [-0.39, 0.29) is 26.7 Å². The van der Waals surface area contributed by atoms with Gasteiger partial charge in [-0.15, -0.1) is 0 Å². The first-order valence-electron chi connectivity index (χ1n) is 10.2. The topological polar surface area (TPSA) is 127 Å². The number of methoxy groups -OCH3 is 1. The van der Waals surface area contributed by atoms with E-state index in [0.717, 1.165) is 6.07 Å². The average Bonchev–Trinajstić information content (AvgIpc) is 3.13. The number of hydrogen-bond donors (Lipinski definition) is 0. The van der Waals surface area contributed by atoms with E-state index in [2.05, 4.69) is 0 Å². The van der Waals surface area contributed by atoms with Gasteiger partial charge in [0.05, 0.1) is 27.6 Å². The molecule has 1 heterocycles. The maximum absolute atomic E-state index is 13.5. The minimum Gasteiger partial charge on any atom is -0.497 e. The number of nitrogens with zero attached hydrogens (tertiary/aromatic N) is 3. The molecule has 0 aliphatic carbocycles. The van der Waals surface area contributed by atoms with Crippen LogP contribution in [-0.2, 0) is 0 Å². The van der Waals surface area contributed by atoms with Gasteiger partial charge in [-0.25, -0.2) is 5.01 Å². The number of imide groups is 1. The van der Waals surface area contributed by atoms with Crippen LogP contribution in [0.25, 0.3) is 0 Å². The Kier molecular flexibility index (Phi) is 6.73. The summed E-state index contributed by atoms with van der Waals surface area (Å²) in [5.74, 6) is -3.30. The van der Waals surface area contributed by atoms with Gasteiger partial charge in [-0.05, 0) is 36.4 Å². The van der Waals surface area contributed by atoms with Crippen molar-refractivity contribution in [1.82, 2.24) is 10.0 Å². The van der Waals surface area contributed by atoms with Crippen LogP contribution in [0, 0.1) is 10.1 Å². The van der Waals surface area contributed by atoms with Crippen molar-refractivity contribution in [2.45, 2.75) is 0 Å². The van der Waals surface area contributed by atoms with E-state index in [0.29, 0.717) is 15.8 Å². The van der Waals surface area contributed by atoms with Crippen LogP contribution in [0.15, 0.2) is 60.7 Å². The number of benzene rings is 3. The highest BCUT2D eigenvalue weighted by Crippen LogP contribution is 2.33. The molecule has 0 saturated carbocycles. The van der Waals surface area contributed by atoms with Gasteiger partial charge in [-0.1, -0.05) is 41.4 Å². The third-order valence-electron chi connectivity index (χ3n) is 5.40. The van der Waals surface area contributed by atoms with E-state index in [9.17, 15) is 29.3 Å². The Bertz CT molecular complexity index is 1460. The van der Waals surface area contributed by atoms with Crippen molar-refractivity contribution in [3.63, 3.8) is 0 Å². The van der Waals surface area contributed by atoms with Gasteiger partial charge in [0.25, 0.3) is 23.4 Å². The average molecular weight is 528 g/mol. The number of carbonyl (C=O) groups is 4. The molecule has 0 radical (unpaired) electrons. The summed E-state index contributed by atoms with van der Waals surface area (Å²) in [5, 5.41) is 12.7. The first-order valence-corrected chi connectivity index (χ1v) is 11.0. The number of nitro benzene ring substituents is 1. The molecule has 4 rings (SSSR count). The van der Waals surface area contributed by atoms with Crippen molar-refractivity contribution in [3.05, 3.63) is 103 Å². The number of ketones is 1. The van der Waals surface area contributed by atoms with Crippen LogP contribution in [0.3, 0.4) is 0 Å². The molecule has 12 heteroatoms. The molecule has 3 amide bonds. The Labute approximate surface area is 213 Å². The second kappa shape index (κ2) is 9.76. The fraction of sp³-hybridized carbons (Fsp3) is 0.0833. The summed E-state index contributed by atoms with van der Waals surface area (Å²) in [4.78, 5) is 63.8. The first-order chi connectivity index (χ1) is 17.1. The van der Waals surface area contributed by atoms with Crippen LogP contribution in [0.1, 0.15) is 41.4 Å². The van der Waals surface area contributed by atoms with Crippen molar-refractivity contribution >= 4 is 52.4 Å². The van der Waals surface area contributed by atoms with Gasteiger partial charge in [-0.2, -0.15) is 5.01 Å². The molecule has 36 heavy (non-hydrogen) atoms. The molecule has 1 aliphatic heterocycles. The standard InChI is InChI=1S/C24H15Cl2N3O7/c1-36-15-5-2-4-13(10-15)20(30)12-27(22(31)14-8-9-17(25)18(26)11-14)28-23(32)16-6-3-7-19(29(34)35)21(16)24(28)33/h2-11H,12H2,1H3. The number of fused-ring (bicyclic) bond motifs is 1. The van der Waals surface area contributed by atoms with Crippen molar-refractivity contribution in [2.24, 2.45) is 0 Å². The van der Waals surface area contributed by atoms with Gasteiger partial charge < -0.3 is 4.74 Å². The van der Waals surface area contributed by atoms with Crippen LogP contribution in [0.5, 0.6) is 5.75 Å². The largest absolute Gasteiger partial charge is 0.497 e. The minimum absolute atomic E-state index is 0.0274. The highest BCUT2D eigenvalue weighted by Gasteiger charge is 2.46. The molecule has 0 aromatic heterocycles. The van der Waals surface area contributed by atoms with Crippen molar-refractivity contribution in [2.75, 3.05) is 13.7 Å². The second-order valence-corrected chi connectivity index (χ2v) is 8.34. The molecule has 1 aliphatic rings. The Morgan fingerprint density at radius 3 is 2.36 bits per heavy atom. The zero-order valence-corrected chi connectivity index (χ0v) is 19.9. The van der Waals surface area contributed by atoms with E-state index in [1.807, 2.05) is 0 Å². The molecule has 0 unspecified atom stereocenters. The van der Waals surface area contributed by atoms with Crippen LogP contribution in [0.4, 0.5) is 5.69 Å². The third kappa shape index (κ3) is 4.39. The highest BCUT2D eigenvalue weighted by atomic mass is 35.5. The molecule has 0 saturated heterocycles. The lowest BCUT2D eigenvalue weighted by molar-refractivity contribution is -0.385. The number of hydrogen-bond acceptors (Lipinski definition) is 7. The fourth-order valence-corrected chi connectivity index (χ4v) is 3.96. The maximum Gasteiger partial charge on any atom is 0.287 e. The maximum atomic E-state index is 13.5. The number of hydrazine groups is 1. The van der Waals surface area contributed by atoms with Crippen LogP contribution in [0.2, 0.25) is 10.0 Å². The molecular weight excluding hydrogens is 513 g/mol. The minimum atomic E-state index is -1.12. The molecule has 3 aromatic carbocycles. The highest BCUT2D eigenvalue weighted by molar-refractivity contribution is 6.42. The Morgan fingerprint density at radius 1 is 0.972 bits per heavy atom. The molecule has 10 nitrogen and oxygen atoms in total. The molecule has 0 N–H and O–H groups in total. The summed E-state index contributed by atoms with van der Waals surface area (Å²) in [6.45, 7) is -0.745. The zero-order chi connectivity index (χ0) is 26.1. The summed E-state index contributed by atoms with van der Waals surface area (Å²) in [6, 6.07) is 13.5. The molecule has 3 aromatic rings. The summed E-state index contributed by atoms with van der Waals surface area (Å²) in [7, 11) is 1.41. The van der Waals surface area contributed by atoms with Crippen LogP contribution < -0.4 is 4.74 Å². The van der Waals surface area contributed by atoms with Crippen LogP contribution in [-0.4, -0.2) is 52.1 Å². The van der Waals surface area contributed by atoms with E-state index in [1.165, 1.54) is 49.6 Å². The van der Waals surface area contributed by atoms with Crippen molar-refractivity contribution in [3.8, 4) is 5.75 Å². The smallest absolute Gasteiger partial charge is 0.287 e. The lowest BCUT2D eigenvalue weighted by Crippen LogP contribution is -2.51. The number of halogens is 2. The van der Waals surface area contributed by atoms with Gasteiger partial charge in [0.1, 0.15) is 17.9 Å². The number of Topliss-reactive ketones (excluding diaryl/α,β-unsaturated/α-hetero) is 1. The molecule has 0 atom stereocenters. The van der Waals surface area contributed by atoms with Crippen LogP contribution >= 0.6 is 23.2 Å². The Hall–Kier alpha value is -4.28. The quantitative estimate of drug-likeness (QED) is 0.192. The number of nitro groups is 1. The number of rotatable bonds is 7. The van der Waals surface area contributed by atoms with Gasteiger partial charge >= 0.3 is 0 Å². The van der Waals surface area contributed by atoms with Gasteiger partial charge in [-0.3, -0.25) is 29.3 Å². The molecule has 0 bridgehead atoms. The molecular formula is C24H15Cl2N3O7. The monoisotopic (exact) mass is 527 g/mol. The lowest BCUT2D eigenvalue weighted by Gasteiger charge is -2.29. The Balaban J connectivity index is 1.79. The third-order valence-corrected chi connectivity index (χ3v) is 6.13. The fourth-order valence-electron chi connectivity index (χ4n) is 3.66.